The fraction of sp³-hybridized carbons (Fsp3) is 0.300. The van der Waals surface area contributed by atoms with Crippen molar-refractivity contribution in [3.63, 3.8) is 0 Å². The van der Waals surface area contributed by atoms with E-state index < -0.39 is 6.67 Å². The Hall–Kier alpha value is -0.880. The monoisotopic (exact) mass is 241 g/mol. The summed E-state index contributed by atoms with van der Waals surface area (Å²) in [5, 5.41) is 8.42. The van der Waals surface area contributed by atoms with E-state index >= 15 is 0 Å². The van der Waals surface area contributed by atoms with Gasteiger partial charge < -0.3 is 0 Å². The third kappa shape index (κ3) is 2.53. The predicted molar refractivity (Wildman–Crippen MR) is 52.9 cm³/mol. The van der Waals surface area contributed by atoms with Gasteiger partial charge in [0.25, 0.3) is 0 Å². The third-order valence-corrected chi connectivity index (χ3v) is 2.59. The van der Waals surface area contributed by atoms with Crippen molar-refractivity contribution in [3.05, 3.63) is 33.8 Å². The van der Waals surface area contributed by atoms with Gasteiger partial charge in [0.15, 0.2) is 0 Å². The van der Waals surface area contributed by atoms with Crippen LogP contribution in [0.1, 0.15) is 17.5 Å². The summed E-state index contributed by atoms with van der Waals surface area (Å²) >= 11 is 3.34. The molecule has 0 unspecified atom stereocenters. The summed E-state index contributed by atoms with van der Waals surface area (Å²) in [4.78, 5) is 0. The zero-order valence-electron chi connectivity index (χ0n) is 7.06. The van der Waals surface area contributed by atoms with Gasteiger partial charge in [-0.1, -0.05) is 28.1 Å². The van der Waals surface area contributed by atoms with E-state index in [-0.39, 0.29) is 0 Å². The highest BCUT2D eigenvalue weighted by Gasteiger charge is 2.05. The molecule has 0 bridgehead atoms. The second-order valence-electron chi connectivity index (χ2n) is 2.67. The van der Waals surface area contributed by atoms with Crippen molar-refractivity contribution in [1.29, 1.82) is 5.26 Å². The first-order valence-electron chi connectivity index (χ1n) is 3.98. The van der Waals surface area contributed by atoms with Crippen molar-refractivity contribution >= 4 is 15.9 Å². The van der Waals surface area contributed by atoms with E-state index in [1.165, 1.54) is 0 Å². The van der Waals surface area contributed by atoms with Crippen LogP contribution >= 0.6 is 15.9 Å². The zero-order valence-corrected chi connectivity index (χ0v) is 8.64. The Bertz CT molecular complexity index is 330. The van der Waals surface area contributed by atoms with Crippen LogP contribution in [-0.4, -0.2) is 0 Å². The van der Waals surface area contributed by atoms with Gasteiger partial charge in [-0.2, -0.15) is 5.26 Å². The van der Waals surface area contributed by atoms with Gasteiger partial charge in [-0.25, -0.2) is 4.39 Å². The number of benzene rings is 1. The molecule has 0 saturated heterocycles. The fourth-order valence-corrected chi connectivity index (χ4v) is 1.79. The standard InChI is InChI=1S/C10H9BrFN/c11-10-5-1-3-8(7-12)9(10)4-2-6-13/h1,3,5H,2,4,7H2. The lowest BCUT2D eigenvalue weighted by Crippen LogP contribution is -1.93. The number of hydrogen-bond acceptors (Lipinski definition) is 1. The van der Waals surface area contributed by atoms with E-state index in [1.54, 1.807) is 12.1 Å². The average Bonchev–Trinajstić information content (AvgIpc) is 2.15. The lowest BCUT2D eigenvalue weighted by atomic mass is 10.0. The van der Waals surface area contributed by atoms with Crippen LogP contribution in [0.3, 0.4) is 0 Å². The van der Waals surface area contributed by atoms with Gasteiger partial charge >= 0.3 is 0 Å². The van der Waals surface area contributed by atoms with Gasteiger partial charge in [-0.05, 0) is 23.6 Å². The van der Waals surface area contributed by atoms with Gasteiger partial charge in [0.05, 0.1) is 6.07 Å². The smallest absolute Gasteiger partial charge is 0.115 e. The first-order chi connectivity index (χ1) is 6.29. The molecule has 0 saturated carbocycles. The molecule has 0 spiro atoms. The van der Waals surface area contributed by atoms with Gasteiger partial charge in [0.2, 0.25) is 0 Å². The fourth-order valence-electron chi connectivity index (χ4n) is 1.19. The molecule has 0 aliphatic rings. The molecule has 1 rings (SSSR count). The van der Waals surface area contributed by atoms with Crippen LogP contribution in [0, 0.1) is 11.3 Å². The van der Waals surface area contributed by atoms with E-state index in [0.29, 0.717) is 18.4 Å². The largest absolute Gasteiger partial charge is 0.246 e. The minimum atomic E-state index is -0.472. The van der Waals surface area contributed by atoms with Crippen LogP contribution in [0.2, 0.25) is 0 Å². The van der Waals surface area contributed by atoms with E-state index in [2.05, 4.69) is 22.0 Å². The Balaban J connectivity index is 2.95. The minimum Gasteiger partial charge on any atom is -0.246 e. The molecule has 1 aromatic rings. The predicted octanol–water partition coefficient (Wildman–Crippen LogP) is 3.37. The quantitative estimate of drug-likeness (QED) is 0.797. The molecule has 3 heteroatoms. The van der Waals surface area contributed by atoms with Gasteiger partial charge in [-0.3, -0.25) is 0 Å². The van der Waals surface area contributed by atoms with E-state index in [1.807, 2.05) is 6.07 Å². The van der Waals surface area contributed by atoms with Crippen LogP contribution in [0.4, 0.5) is 4.39 Å². The number of nitrogens with zero attached hydrogens (tertiary/aromatic N) is 1. The Labute approximate surface area is 85.3 Å². The van der Waals surface area contributed by atoms with E-state index in [0.717, 1.165) is 10.0 Å². The molecule has 0 N–H and O–H groups in total. The Kier molecular flexibility index (Phi) is 3.91. The maximum absolute atomic E-state index is 12.5. The summed E-state index contributed by atoms with van der Waals surface area (Å²) in [6.07, 6.45) is 1.03. The molecule has 0 aromatic heterocycles. The lowest BCUT2D eigenvalue weighted by molar-refractivity contribution is 0.482. The summed E-state index contributed by atoms with van der Waals surface area (Å²) in [6, 6.07) is 7.47. The minimum absolute atomic E-state index is 0.426. The highest BCUT2D eigenvalue weighted by atomic mass is 79.9. The summed E-state index contributed by atoms with van der Waals surface area (Å²) in [7, 11) is 0. The van der Waals surface area contributed by atoms with Gasteiger partial charge in [-0.15, -0.1) is 0 Å². The normalized spacial score (nSPS) is 9.62. The average molecular weight is 242 g/mol. The summed E-state index contributed by atoms with van der Waals surface area (Å²) < 4.78 is 13.4. The number of hydrogen-bond donors (Lipinski definition) is 0. The third-order valence-electron chi connectivity index (χ3n) is 1.85. The van der Waals surface area contributed by atoms with Crippen molar-refractivity contribution in [1.82, 2.24) is 0 Å². The molecule has 0 heterocycles. The topological polar surface area (TPSA) is 23.8 Å². The van der Waals surface area contributed by atoms with Crippen LogP contribution < -0.4 is 0 Å². The van der Waals surface area contributed by atoms with Crippen molar-refractivity contribution < 1.29 is 4.39 Å². The van der Waals surface area contributed by atoms with Gasteiger partial charge in [0, 0.05) is 10.9 Å². The number of alkyl halides is 1. The second-order valence-corrected chi connectivity index (χ2v) is 3.52. The first-order valence-corrected chi connectivity index (χ1v) is 4.78. The molecule has 0 atom stereocenters. The van der Waals surface area contributed by atoms with Crippen LogP contribution in [0.5, 0.6) is 0 Å². The summed E-state index contributed by atoms with van der Waals surface area (Å²) in [6.45, 7) is -0.472. The van der Waals surface area contributed by atoms with Crippen molar-refractivity contribution in [2.45, 2.75) is 19.5 Å². The number of rotatable bonds is 3. The molecular weight excluding hydrogens is 233 g/mol. The maximum Gasteiger partial charge on any atom is 0.115 e. The SMILES string of the molecule is N#CCCc1c(Br)cccc1CF. The summed E-state index contributed by atoms with van der Waals surface area (Å²) in [5.74, 6) is 0. The van der Waals surface area contributed by atoms with Crippen LogP contribution in [0.15, 0.2) is 22.7 Å². The molecule has 68 valence electrons. The Morgan fingerprint density at radius 1 is 1.46 bits per heavy atom. The molecular formula is C10H9BrFN. The molecule has 0 radical (unpaired) electrons. The second kappa shape index (κ2) is 4.98. The van der Waals surface area contributed by atoms with Crippen molar-refractivity contribution in [2.75, 3.05) is 0 Å². The van der Waals surface area contributed by atoms with Crippen molar-refractivity contribution in [2.24, 2.45) is 0 Å². The van der Waals surface area contributed by atoms with E-state index in [9.17, 15) is 4.39 Å². The molecule has 13 heavy (non-hydrogen) atoms. The molecule has 1 aromatic carbocycles. The number of nitriles is 1. The van der Waals surface area contributed by atoms with Gasteiger partial charge in [0.1, 0.15) is 6.67 Å². The highest BCUT2D eigenvalue weighted by Crippen LogP contribution is 2.22. The van der Waals surface area contributed by atoms with E-state index in [4.69, 9.17) is 5.26 Å². The highest BCUT2D eigenvalue weighted by molar-refractivity contribution is 9.10. The molecule has 0 aliphatic carbocycles. The number of halogens is 2. The molecule has 0 aliphatic heterocycles. The van der Waals surface area contributed by atoms with Crippen LogP contribution in [0.25, 0.3) is 0 Å². The summed E-state index contributed by atoms with van der Waals surface area (Å²) in [5.41, 5.74) is 1.58. The van der Waals surface area contributed by atoms with Crippen LogP contribution in [-0.2, 0) is 13.1 Å². The molecule has 1 nitrogen and oxygen atoms in total. The molecule has 0 fully saturated rings. The first kappa shape index (κ1) is 10.2. The molecule has 0 amide bonds. The van der Waals surface area contributed by atoms with Crippen molar-refractivity contribution in [3.8, 4) is 6.07 Å². The Morgan fingerprint density at radius 2 is 2.23 bits per heavy atom. The zero-order chi connectivity index (χ0) is 9.68. The lowest BCUT2D eigenvalue weighted by Gasteiger charge is -2.06. The Morgan fingerprint density at radius 3 is 2.85 bits per heavy atom. The maximum atomic E-state index is 12.5.